The minimum absolute atomic E-state index is 0.0361. The maximum atomic E-state index is 6.11. The van der Waals surface area contributed by atoms with Gasteiger partial charge in [-0.25, -0.2) is 0 Å². The molecule has 1 fully saturated rings. The SMILES string of the molecule is C[C@]1(Cl)C[C@@H](Cl)[C@H](Cl)C[C@@H]1Cl. The molecule has 0 aromatic heterocycles. The largest absolute Gasteiger partial charge is 0.121 e. The highest BCUT2D eigenvalue weighted by atomic mass is 35.5. The number of hydrogen-bond donors (Lipinski definition) is 0. The maximum absolute atomic E-state index is 6.11. The first-order valence-corrected chi connectivity index (χ1v) is 5.23. The van der Waals surface area contributed by atoms with E-state index >= 15 is 0 Å². The molecule has 0 saturated heterocycles. The second-order valence-electron chi connectivity index (χ2n) is 3.22. The lowest BCUT2D eigenvalue weighted by atomic mass is 9.89. The zero-order valence-corrected chi connectivity index (χ0v) is 9.18. The van der Waals surface area contributed by atoms with Gasteiger partial charge in [-0.15, -0.1) is 46.4 Å². The van der Waals surface area contributed by atoms with Crippen LogP contribution in [0.25, 0.3) is 0 Å². The first-order valence-electron chi connectivity index (χ1n) is 3.54. The molecule has 1 rings (SSSR count). The molecule has 1 aliphatic rings. The molecule has 0 heterocycles. The van der Waals surface area contributed by atoms with Crippen LogP contribution >= 0.6 is 46.4 Å². The minimum Gasteiger partial charge on any atom is -0.121 e. The highest BCUT2D eigenvalue weighted by Gasteiger charge is 2.41. The zero-order valence-electron chi connectivity index (χ0n) is 6.16. The van der Waals surface area contributed by atoms with Crippen molar-refractivity contribution in [2.45, 2.75) is 40.8 Å². The van der Waals surface area contributed by atoms with Gasteiger partial charge in [0, 0.05) is 0 Å². The van der Waals surface area contributed by atoms with Crippen LogP contribution in [0.1, 0.15) is 19.8 Å². The minimum atomic E-state index is -0.390. The van der Waals surface area contributed by atoms with E-state index in [1.165, 1.54) is 0 Å². The summed E-state index contributed by atoms with van der Waals surface area (Å²) in [5, 5.41) is -0.151. The summed E-state index contributed by atoms with van der Waals surface area (Å²) in [6.45, 7) is 1.91. The van der Waals surface area contributed by atoms with Crippen LogP contribution in [0.2, 0.25) is 0 Å². The molecule has 0 nitrogen and oxygen atoms in total. The van der Waals surface area contributed by atoms with Gasteiger partial charge in [0.25, 0.3) is 0 Å². The van der Waals surface area contributed by atoms with E-state index in [4.69, 9.17) is 46.4 Å². The van der Waals surface area contributed by atoms with Crippen molar-refractivity contribution >= 4 is 46.4 Å². The Kier molecular flexibility index (Phi) is 3.25. The van der Waals surface area contributed by atoms with Crippen LogP contribution in [-0.4, -0.2) is 21.0 Å². The van der Waals surface area contributed by atoms with E-state index in [1.54, 1.807) is 0 Å². The van der Waals surface area contributed by atoms with E-state index in [0.717, 1.165) is 0 Å². The van der Waals surface area contributed by atoms with E-state index in [9.17, 15) is 0 Å². The Morgan fingerprint density at radius 2 is 1.73 bits per heavy atom. The Morgan fingerprint density at radius 1 is 1.18 bits per heavy atom. The molecule has 0 aromatic rings. The maximum Gasteiger partial charge on any atom is 0.0596 e. The summed E-state index contributed by atoms with van der Waals surface area (Å²) in [6.07, 6.45) is 1.37. The second-order valence-corrected chi connectivity index (χ2v) is 5.73. The fourth-order valence-corrected chi connectivity index (χ4v) is 2.63. The topological polar surface area (TPSA) is 0 Å². The third kappa shape index (κ3) is 2.30. The zero-order chi connectivity index (χ0) is 8.65. The average molecular weight is 236 g/mol. The first-order chi connectivity index (χ1) is 4.93. The smallest absolute Gasteiger partial charge is 0.0596 e. The van der Waals surface area contributed by atoms with Gasteiger partial charge in [-0.1, -0.05) is 0 Å². The lowest BCUT2D eigenvalue weighted by Crippen LogP contribution is -2.42. The molecule has 11 heavy (non-hydrogen) atoms. The fraction of sp³-hybridized carbons (Fsp3) is 1.00. The van der Waals surface area contributed by atoms with E-state index in [0.29, 0.717) is 12.8 Å². The number of alkyl halides is 4. The molecule has 0 aliphatic heterocycles. The summed E-state index contributed by atoms with van der Waals surface area (Å²) in [5.74, 6) is 0. The molecule has 4 atom stereocenters. The highest BCUT2D eigenvalue weighted by Crippen LogP contribution is 2.41. The quantitative estimate of drug-likeness (QED) is 0.563. The third-order valence-corrected chi connectivity index (χ3v) is 4.33. The van der Waals surface area contributed by atoms with Crippen LogP contribution in [0.5, 0.6) is 0 Å². The van der Waals surface area contributed by atoms with Crippen molar-refractivity contribution < 1.29 is 0 Å². The first kappa shape index (κ1) is 10.2. The molecule has 1 saturated carbocycles. The summed E-state index contributed by atoms with van der Waals surface area (Å²) >= 11 is 24.0. The average Bonchev–Trinajstić information content (AvgIpc) is 1.83. The van der Waals surface area contributed by atoms with Crippen LogP contribution in [0.3, 0.4) is 0 Å². The van der Waals surface area contributed by atoms with Crippen molar-refractivity contribution in [2.24, 2.45) is 0 Å². The van der Waals surface area contributed by atoms with E-state index in [-0.39, 0.29) is 21.0 Å². The van der Waals surface area contributed by atoms with E-state index in [2.05, 4.69) is 0 Å². The summed E-state index contributed by atoms with van der Waals surface area (Å²) in [6, 6.07) is 0. The van der Waals surface area contributed by atoms with Gasteiger partial charge in [-0.05, 0) is 19.8 Å². The van der Waals surface area contributed by atoms with Gasteiger partial charge < -0.3 is 0 Å². The Morgan fingerprint density at radius 3 is 2.18 bits per heavy atom. The van der Waals surface area contributed by atoms with Crippen LogP contribution in [0.15, 0.2) is 0 Å². The molecule has 4 heteroatoms. The normalized spacial score (nSPS) is 52.6. The molecule has 0 bridgehead atoms. The Labute approximate surface area is 87.1 Å². The van der Waals surface area contributed by atoms with E-state index < -0.39 is 0 Å². The molecular formula is C7H10Cl4. The third-order valence-electron chi connectivity index (χ3n) is 2.07. The van der Waals surface area contributed by atoms with Gasteiger partial charge in [0.1, 0.15) is 0 Å². The van der Waals surface area contributed by atoms with Crippen molar-refractivity contribution in [1.29, 1.82) is 0 Å². The van der Waals surface area contributed by atoms with E-state index in [1.807, 2.05) is 6.92 Å². The summed E-state index contributed by atoms with van der Waals surface area (Å²) in [4.78, 5) is -0.390. The van der Waals surface area contributed by atoms with Gasteiger partial charge in [0.05, 0.1) is 21.0 Å². The molecule has 0 N–H and O–H groups in total. The molecule has 0 unspecified atom stereocenters. The van der Waals surface area contributed by atoms with Gasteiger partial charge >= 0.3 is 0 Å². The predicted octanol–water partition coefficient (Wildman–Crippen LogP) is 3.60. The summed E-state index contributed by atoms with van der Waals surface area (Å²) in [5.41, 5.74) is 0. The Hall–Kier alpha value is 1.16. The lowest BCUT2D eigenvalue weighted by molar-refractivity contribution is 0.432. The second kappa shape index (κ2) is 3.49. The van der Waals surface area contributed by atoms with Gasteiger partial charge in [0.15, 0.2) is 0 Å². The summed E-state index contributed by atoms with van der Waals surface area (Å²) < 4.78 is 0. The summed E-state index contributed by atoms with van der Waals surface area (Å²) in [7, 11) is 0. The Balaban J connectivity index is 2.63. The highest BCUT2D eigenvalue weighted by molar-refractivity contribution is 6.35. The van der Waals surface area contributed by atoms with Crippen LogP contribution in [-0.2, 0) is 0 Å². The van der Waals surface area contributed by atoms with Gasteiger partial charge in [-0.2, -0.15) is 0 Å². The van der Waals surface area contributed by atoms with Crippen LogP contribution in [0.4, 0.5) is 0 Å². The van der Waals surface area contributed by atoms with Gasteiger partial charge in [0.2, 0.25) is 0 Å². The lowest BCUT2D eigenvalue weighted by Gasteiger charge is -2.37. The van der Waals surface area contributed by atoms with Crippen molar-refractivity contribution in [3.63, 3.8) is 0 Å². The van der Waals surface area contributed by atoms with Crippen molar-refractivity contribution in [2.75, 3.05) is 0 Å². The van der Waals surface area contributed by atoms with Gasteiger partial charge in [-0.3, -0.25) is 0 Å². The number of halogens is 4. The molecule has 0 amide bonds. The molecule has 0 spiro atoms. The number of hydrogen-bond acceptors (Lipinski definition) is 0. The molecular weight excluding hydrogens is 226 g/mol. The number of rotatable bonds is 0. The molecule has 0 aromatic carbocycles. The van der Waals surface area contributed by atoms with Crippen LogP contribution in [0, 0.1) is 0 Å². The molecule has 66 valence electrons. The predicted molar refractivity (Wildman–Crippen MR) is 52.4 cm³/mol. The standard InChI is InChI=1S/C7H10Cl4/c1-7(11)3-5(9)4(8)2-6(7)10/h4-6H,2-3H2,1H3/t4-,5-,6+,7+/m1/s1. The van der Waals surface area contributed by atoms with Crippen molar-refractivity contribution in [1.82, 2.24) is 0 Å². The Bertz CT molecular complexity index is 145. The van der Waals surface area contributed by atoms with Crippen molar-refractivity contribution in [3.05, 3.63) is 0 Å². The fourth-order valence-electron chi connectivity index (χ4n) is 1.23. The van der Waals surface area contributed by atoms with Crippen LogP contribution < -0.4 is 0 Å². The molecule has 0 radical (unpaired) electrons. The molecule has 1 aliphatic carbocycles. The van der Waals surface area contributed by atoms with Crippen molar-refractivity contribution in [3.8, 4) is 0 Å². The monoisotopic (exact) mass is 234 g/mol.